The van der Waals surface area contributed by atoms with Gasteiger partial charge in [-0.05, 0) is 17.7 Å². The number of nitrogens with one attached hydrogen (secondary N) is 1. The van der Waals surface area contributed by atoms with E-state index in [2.05, 4.69) is 0 Å². The first-order chi connectivity index (χ1) is 8.29. The molecule has 2 rings (SSSR count). The van der Waals surface area contributed by atoms with E-state index in [9.17, 15) is 4.79 Å². The molecule has 1 heterocycles. The van der Waals surface area contributed by atoms with Crippen LogP contribution in [0.4, 0.5) is 0 Å². The second kappa shape index (κ2) is 6.68. The summed E-state index contributed by atoms with van der Waals surface area (Å²) in [6.45, 7) is 0.263. The molecule has 3 N–H and O–H groups in total. The van der Waals surface area contributed by atoms with Crippen LogP contribution in [-0.2, 0) is 4.79 Å². The van der Waals surface area contributed by atoms with Crippen molar-refractivity contribution in [3.63, 3.8) is 0 Å². The topological polar surface area (TPSA) is 73.6 Å². The van der Waals surface area contributed by atoms with Crippen molar-refractivity contribution in [3.8, 4) is 11.5 Å². The van der Waals surface area contributed by atoms with Crippen molar-refractivity contribution in [2.45, 2.75) is 0 Å². The lowest BCUT2D eigenvalue weighted by atomic mass is 10.2. The van der Waals surface area contributed by atoms with E-state index in [0.29, 0.717) is 0 Å². The molecule has 0 fully saturated rings. The Labute approximate surface area is 111 Å². The normalized spacial score (nSPS) is 12.7. The van der Waals surface area contributed by atoms with Gasteiger partial charge in [0.1, 0.15) is 0 Å². The Morgan fingerprint density at radius 1 is 1.28 bits per heavy atom. The highest BCUT2D eigenvalue weighted by molar-refractivity contribution is 5.87. The Balaban J connectivity index is 0.00000162. The molecule has 5 nitrogen and oxygen atoms in total. The Morgan fingerprint density at radius 2 is 2.06 bits per heavy atom. The fraction of sp³-hybridized carbons (Fsp3) is 0.0833. The highest BCUT2D eigenvalue weighted by Gasteiger charge is 2.11. The number of benzene rings is 1. The summed E-state index contributed by atoms with van der Waals surface area (Å²) in [5.74, 6) is 6.06. The average Bonchev–Trinajstić information content (AvgIpc) is 2.81. The van der Waals surface area contributed by atoms with Gasteiger partial charge in [-0.3, -0.25) is 10.2 Å². The van der Waals surface area contributed by atoms with Gasteiger partial charge < -0.3 is 9.47 Å². The zero-order valence-corrected chi connectivity index (χ0v) is 10.3. The van der Waals surface area contributed by atoms with Crippen LogP contribution in [0.25, 0.3) is 6.08 Å². The minimum Gasteiger partial charge on any atom is -0.454 e. The van der Waals surface area contributed by atoms with Crippen molar-refractivity contribution in [2.24, 2.45) is 5.84 Å². The zero-order chi connectivity index (χ0) is 12.1. The number of allylic oxidation sites excluding steroid dienone is 2. The number of nitrogens with two attached hydrogens (primary N) is 1. The summed E-state index contributed by atoms with van der Waals surface area (Å²) >= 11 is 0. The quantitative estimate of drug-likeness (QED) is 0.286. The van der Waals surface area contributed by atoms with Gasteiger partial charge in [0.05, 0.1) is 0 Å². The highest BCUT2D eigenvalue weighted by Crippen LogP contribution is 2.32. The van der Waals surface area contributed by atoms with Crippen LogP contribution in [0, 0.1) is 0 Å². The predicted octanol–water partition coefficient (Wildman–Crippen LogP) is 1.40. The first kappa shape index (κ1) is 14.1. The minimum atomic E-state index is -0.347. The fourth-order valence-electron chi connectivity index (χ4n) is 1.37. The number of carbonyl (C=O) groups excluding carboxylic acids is 1. The SMILES string of the molecule is Cl.NNC(=O)C=CC=Cc1ccc2c(c1)OCO2. The summed E-state index contributed by atoms with van der Waals surface area (Å²) in [5, 5.41) is 0. The molecule has 0 atom stereocenters. The Hall–Kier alpha value is -1.98. The van der Waals surface area contributed by atoms with Crippen LogP contribution in [0.15, 0.2) is 36.4 Å². The minimum absolute atomic E-state index is 0. The number of hydrogen-bond donors (Lipinski definition) is 2. The number of fused-ring (bicyclic) bond motifs is 1. The second-order valence-corrected chi connectivity index (χ2v) is 3.34. The summed E-state index contributed by atoms with van der Waals surface area (Å²) in [5.41, 5.74) is 2.97. The van der Waals surface area contributed by atoms with Crippen LogP contribution in [0.2, 0.25) is 0 Å². The predicted molar refractivity (Wildman–Crippen MR) is 70.3 cm³/mol. The van der Waals surface area contributed by atoms with Crippen LogP contribution >= 0.6 is 12.4 Å². The number of halogens is 1. The molecule has 0 unspecified atom stereocenters. The zero-order valence-electron chi connectivity index (χ0n) is 9.46. The van der Waals surface area contributed by atoms with Gasteiger partial charge in [-0.15, -0.1) is 12.4 Å². The molecule has 0 spiro atoms. The third-order valence-corrected chi connectivity index (χ3v) is 2.19. The fourth-order valence-corrected chi connectivity index (χ4v) is 1.37. The highest BCUT2D eigenvalue weighted by atomic mass is 35.5. The number of ether oxygens (including phenoxy) is 2. The number of amides is 1. The van der Waals surface area contributed by atoms with Gasteiger partial charge in [-0.2, -0.15) is 0 Å². The molecular formula is C12H13ClN2O3. The molecule has 96 valence electrons. The maximum atomic E-state index is 10.8. The summed E-state index contributed by atoms with van der Waals surface area (Å²) in [4.78, 5) is 10.8. The van der Waals surface area contributed by atoms with Crippen molar-refractivity contribution in [1.82, 2.24) is 5.43 Å². The van der Waals surface area contributed by atoms with E-state index < -0.39 is 0 Å². The maximum Gasteiger partial charge on any atom is 0.257 e. The molecule has 1 aromatic rings. The second-order valence-electron chi connectivity index (χ2n) is 3.34. The molecule has 1 amide bonds. The molecule has 0 saturated heterocycles. The smallest absolute Gasteiger partial charge is 0.257 e. The molecule has 1 aliphatic heterocycles. The first-order valence-corrected chi connectivity index (χ1v) is 5.04. The summed E-state index contributed by atoms with van der Waals surface area (Å²) in [6, 6.07) is 5.62. The Morgan fingerprint density at radius 3 is 2.83 bits per heavy atom. The third kappa shape index (κ3) is 3.51. The molecule has 6 heteroatoms. The van der Waals surface area contributed by atoms with E-state index in [0.717, 1.165) is 17.1 Å². The molecule has 0 bridgehead atoms. The van der Waals surface area contributed by atoms with Gasteiger partial charge in [0.25, 0.3) is 5.91 Å². The van der Waals surface area contributed by atoms with Crippen LogP contribution in [0.5, 0.6) is 11.5 Å². The van der Waals surface area contributed by atoms with Crippen molar-refractivity contribution in [2.75, 3.05) is 6.79 Å². The summed E-state index contributed by atoms with van der Waals surface area (Å²) < 4.78 is 10.4. The van der Waals surface area contributed by atoms with E-state index in [1.165, 1.54) is 6.08 Å². The molecular weight excluding hydrogens is 256 g/mol. The molecule has 1 aliphatic rings. The Kier molecular flexibility index (Phi) is 5.23. The lowest BCUT2D eigenvalue weighted by molar-refractivity contribution is -0.116. The van der Waals surface area contributed by atoms with E-state index in [1.54, 1.807) is 12.2 Å². The van der Waals surface area contributed by atoms with Gasteiger partial charge in [-0.25, -0.2) is 5.84 Å². The standard InChI is InChI=1S/C12H12N2O3.ClH/c13-14-12(15)4-2-1-3-9-5-6-10-11(7-9)17-8-16-10;/h1-7H,8,13H2,(H,14,15);1H. The van der Waals surface area contributed by atoms with Gasteiger partial charge in [0.2, 0.25) is 6.79 Å². The number of hydrazine groups is 1. The molecule has 1 aromatic carbocycles. The number of rotatable bonds is 3. The summed E-state index contributed by atoms with van der Waals surface area (Å²) in [7, 11) is 0. The Bertz CT molecular complexity index is 486. The molecule has 0 aromatic heterocycles. The monoisotopic (exact) mass is 268 g/mol. The van der Waals surface area contributed by atoms with Crippen LogP contribution in [0.1, 0.15) is 5.56 Å². The largest absolute Gasteiger partial charge is 0.454 e. The van der Waals surface area contributed by atoms with Crippen molar-refractivity contribution in [3.05, 3.63) is 42.0 Å². The van der Waals surface area contributed by atoms with Crippen molar-refractivity contribution < 1.29 is 14.3 Å². The molecule has 0 saturated carbocycles. The van der Waals surface area contributed by atoms with Crippen LogP contribution in [-0.4, -0.2) is 12.7 Å². The lowest BCUT2D eigenvalue weighted by Crippen LogP contribution is -2.27. The van der Waals surface area contributed by atoms with E-state index in [-0.39, 0.29) is 25.1 Å². The number of hydrogen-bond acceptors (Lipinski definition) is 4. The average molecular weight is 269 g/mol. The van der Waals surface area contributed by atoms with E-state index in [4.69, 9.17) is 15.3 Å². The molecule has 0 radical (unpaired) electrons. The van der Waals surface area contributed by atoms with Crippen LogP contribution in [0.3, 0.4) is 0 Å². The third-order valence-electron chi connectivity index (χ3n) is 2.19. The number of carbonyl (C=O) groups is 1. The maximum absolute atomic E-state index is 10.8. The van der Waals surface area contributed by atoms with E-state index >= 15 is 0 Å². The van der Waals surface area contributed by atoms with Gasteiger partial charge in [-0.1, -0.05) is 24.3 Å². The van der Waals surface area contributed by atoms with Crippen molar-refractivity contribution >= 4 is 24.4 Å². The summed E-state index contributed by atoms with van der Waals surface area (Å²) in [6.07, 6.45) is 6.53. The first-order valence-electron chi connectivity index (χ1n) is 5.04. The van der Waals surface area contributed by atoms with Gasteiger partial charge in [0.15, 0.2) is 11.5 Å². The van der Waals surface area contributed by atoms with Crippen molar-refractivity contribution in [1.29, 1.82) is 0 Å². The van der Waals surface area contributed by atoms with E-state index in [1.807, 2.05) is 29.7 Å². The molecule has 18 heavy (non-hydrogen) atoms. The lowest BCUT2D eigenvalue weighted by Gasteiger charge is -1.96. The molecule has 0 aliphatic carbocycles. The van der Waals surface area contributed by atoms with Crippen LogP contribution < -0.4 is 20.7 Å². The van der Waals surface area contributed by atoms with Gasteiger partial charge >= 0.3 is 0 Å². The van der Waals surface area contributed by atoms with Gasteiger partial charge in [0, 0.05) is 6.08 Å².